The molecule has 1 aliphatic heterocycles. The smallest absolute Gasteiger partial charge is 0.239 e. The van der Waals surface area contributed by atoms with Crippen LogP contribution in [0.2, 0.25) is 0 Å². The molecule has 5 heteroatoms. The molecule has 0 N–H and O–H groups in total. The first-order valence-corrected chi connectivity index (χ1v) is 11.6. The van der Waals surface area contributed by atoms with Gasteiger partial charge in [0.05, 0.1) is 18.0 Å². The minimum atomic E-state index is -3.49. The van der Waals surface area contributed by atoms with Gasteiger partial charge in [-0.25, -0.2) is 8.42 Å². The van der Waals surface area contributed by atoms with E-state index in [1.165, 1.54) is 9.88 Å². The summed E-state index contributed by atoms with van der Waals surface area (Å²) in [5, 5.41) is 0. The number of rotatable bonds is 10. The van der Waals surface area contributed by atoms with Crippen molar-refractivity contribution in [2.45, 2.75) is 38.9 Å². The summed E-state index contributed by atoms with van der Waals surface area (Å²) in [5.41, 5.74) is 2.60. The first-order chi connectivity index (χ1) is 14.0. The molecule has 1 aliphatic rings. The molecule has 0 aliphatic carbocycles. The van der Waals surface area contributed by atoms with Gasteiger partial charge in [0.25, 0.3) is 0 Å². The molecule has 0 bridgehead atoms. The summed E-state index contributed by atoms with van der Waals surface area (Å²) in [5.74, 6) is 0.603. The molecule has 0 amide bonds. The van der Waals surface area contributed by atoms with Gasteiger partial charge in [-0.2, -0.15) is 0 Å². The first-order valence-electron chi connectivity index (χ1n) is 9.98. The average molecular weight is 414 g/mol. The Morgan fingerprint density at radius 3 is 2.66 bits per heavy atom. The maximum atomic E-state index is 13.1. The van der Waals surface area contributed by atoms with Crippen LogP contribution in [0, 0.1) is 0 Å². The van der Waals surface area contributed by atoms with Crippen molar-refractivity contribution in [2.75, 3.05) is 13.2 Å². The Hall–Kier alpha value is -2.53. The van der Waals surface area contributed by atoms with E-state index in [0.29, 0.717) is 24.6 Å². The van der Waals surface area contributed by atoms with E-state index >= 15 is 0 Å². The van der Waals surface area contributed by atoms with E-state index < -0.39 is 10.0 Å². The van der Waals surface area contributed by atoms with E-state index in [2.05, 4.69) is 31.7 Å². The summed E-state index contributed by atoms with van der Waals surface area (Å²) in [6.07, 6.45) is 14.5. The van der Waals surface area contributed by atoms with Crippen LogP contribution in [-0.2, 0) is 20.5 Å². The minimum Gasteiger partial charge on any atom is -0.494 e. The van der Waals surface area contributed by atoms with Gasteiger partial charge in [-0.1, -0.05) is 73.2 Å². The third kappa shape index (κ3) is 7.09. The highest BCUT2D eigenvalue weighted by molar-refractivity contribution is 7.88. The number of hydrogen-bond donors (Lipinski definition) is 0. The maximum absolute atomic E-state index is 13.1. The first kappa shape index (κ1) is 22.8. The normalized spacial score (nSPS) is 15.9. The Kier molecular flexibility index (Phi) is 9.00. The van der Waals surface area contributed by atoms with E-state index in [4.69, 9.17) is 4.74 Å². The lowest BCUT2D eigenvalue weighted by molar-refractivity contribution is 0.167. The molecule has 0 saturated carbocycles. The second-order valence-electron chi connectivity index (χ2n) is 6.86. The summed E-state index contributed by atoms with van der Waals surface area (Å²) >= 11 is 0. The van der Waals surface area contributed by atoms with Crippen molar-refractivity contribution in [3.63, 3.8) is 0 Å². The molecule has 0 saturated heterocycles. The summed E-state index contributed by atoms with van der Waals surface area (Å²) in [6.45, 7) is 8.41. The molecule has 4 nitrogen and oxygen atoms in total. The lowest BCUT2D eigenvalue weighted by atomic mass is 10.1. The molecule has 1 aromatic rings. The van der Waals surface area contributed by atoms with Gasteiger partial charge in [-0.05, 0) is 37.8 Å². The average Bonchev–Trinajstić information content (AvgIpc) is 2.69. The molecular weight excluding hydrogens is 382 g/mol. The van der Waals surface area contributed by atoms with E-state index in [9.17, 15) is 8.42 Å². The molecule has 0 fully saturated rings. The Bertz CT molecular complexity index is 893. The largest absolute Gasteiger partial charge is 0.494 e. The lowest BCUT2D eigenvalue weighted by Gasteiger charge is -2.30. The van der Waals surface area contributed by atoms with Crippen LogP contribution in [0.25, 0.3) is 0 Å². The van der Waals surface area contributed by atoms with Crippen molar-refractivity contribution in [1.29, 1.82) is 0 Å². The number of sulfonamides is 1. The Morgan fingerprint density at radius 1 is 1.21 bits per heavy atom. The van der Waals surface area contributed by atoms with Crippen LogP contribution in [0.15, 0.2) is 90.4 Å². The van der Waals surface area contributed by atoms with Crippen LogP contribution in [0.1, 0.15) is 38.7 Å². The zero-order valence-electron chi connectivity index (χ0n) is 17.4. The number of hydrogen-bond acceptors (Lipinski definition) is 3. The molecule has 0 spiro atoms. The Labute approximate surface area is 175 Å². The molecule has 0 aromatic heterocycles. The standard InChI is InChI=1S/C24H31NO3S/c1-4-6-8-13-22(12-5-2)16-11-17-24-21(3)28-19-18-25(24)29(26,27)20-23-14-9-7-10-15-23/h5-11,13-15,17H,2,4,12,16,18-20H2,1,3H3/b8-6-,17-11-,22-13+. The highest BCUT2D eigenvalue weighted by Crippen LogP contribution is 2.24. The van der Waals surface area contributed by atoms with Gasteiger partial charge in [0.2, 0.25) is 10.0 Å². The molecule has 2 rings (SSSR count). The predicted molar refractivity (Wildman–Crippen MR) is 121 cm³/mol. The van der Waals surface area contributed by atoms with Gasteiger partial charge in [-0.15, -0.1) is 6.58 Å². The highest BCUT2D eigenvalue weighted by atomic mass is 32.2. The molecule has 29 heavy (non-hydrogen) atoms. The van der Waals surface area contributed by atoms with Gasteiger partial charge in [0, 0.05) is 0 Å². The topological polar surface area (TPSA) is 46.6 Å². The van der Waals surface area contributed by atoms with Crippen molar-refractivity contribution < 1.29 is 13.2 Å². The zero-order valence-corrected chi connectivity index (χ0v) is 18.2. The van der Waals surface area contributed by atoms with Gasteiger partial charge in [0.15, 0.2) is 0 Å². The van der Waals surface area contributed by atoms with Gasteiger partial charge in [0.1, 0.15) is 12.4 Å². The van der Waals surface area contributed by atoms with E-state index in [0.717, 1.165) is 24.8 Å². The van der Waals surface area contributed by atoms with Crippen molar-refractivity contribution in [2.24, 2.45) is 0 Å². The maximum Gasteiger partial charge on any atom is 0.239 e. The summed E-state index contributed by atoms with van der Waals surface area (Å²) in [4.78, 5) is 0. The van der Waals surface area contributed by atoms with Crippen LogP contribution >= 0.6 is 0 Å². The van der Waals surface area contributed by atoms with Crippen LogP contribution in [0.5, 0.6) is 0 Å². The molecule has 0 atom stereocenters. The highest BCUT2D eigenvalue weighted by Gasteiger charge is 2.28. The number of nitrogens with zero attached hydrogens (tertiary/aromatic N) is 1. The van der Waals surface area contributed by atoms with Gasteiger partial charge in [-0.3, -0.25) is 4.31 Å². The molecule has 0 radical (unpaired) electrons. The molecular formula is C24H31NO3S. The molecule has 0 unspecified atom stereocenters. The summed E-state index contributed by atoms with van der Waals surface area (Å²) < 4.78 is 33.2. The van der Waals surface area contributed by atoms with Crippen molar-refractivity contribution in [3.05, 3.63) is 96.0 Å². The van der Waals surface area contributed by atoms with Gasteiger partial charge < -0.3 is 4.74 Å². The van der Waals surface area contributed by atoms with Crippen LogP contribution < -0.4 is 0 Å². The van der Waals surface area contributed by atoms with Crippen LogP contribution in [0.4, 0.5) is 0 Å². The number of benzene rings is 1. The van der Waals surface area contributed by atoms with Crippen molar-refractivity contribution >= 4 is 10.0 Å². The zero-order chi connectivity index (χ0) is 21.1. The quantitative estimate of drug-likeness (QED) is 0.376. The number of allylic oxidation sites excluding steroid dienone is 8. The summed E-state index contributed by atoms with van der Waals surface area (Å²) in [7, 11) is -3.49. The lowest BCUT2D eigenvalue weighted by Crippen LogP contribution is -2.37. The fourth-order valence-corrected chi connectivity index (χ4v) is 4.68. The second-order valence-corrected chi connectivity index (χ2v) is 8.76. The molecule has 1 heterocycles. The molecule has 1 aromatic carbocycles. The third-order valence-electron chi connectivity index (χ3n) is 4.54. The van der Waals surface area contributed by atoms with Crippen LogP contribution in [-0.4, -0.2) is 25.9 Å². The minimum absolute atomic E-state index is 0.0259. The molecule has 156 valence electrons. The van der Waals surface area contributed by atoms with E-state index in [1.54, 1.807) is 0 Å². The van der Waals surface area contributed by atoms with Crippen molar-refractivity contribution in [3.8, 4) is 0 Å². The van der Waals surface area contributed by atoms with Gasteiger partial charge >= 0.3 is 0 Å². The fourth-order valence-electron chi connectivity index (χ4n) is 3.07. The second kappa shape index (κ2) is 11.5. The Balaban J connectivity index is 2.19. The predicted octanol–water partition coefficient (Wildman–Crippen LogP) is 5.50. The van der Waals surface area contributed by atoms with Crippen molar-refractivity contribution in [1.82, 2.24) is 4.31 Å². The Morgan fingerprint density at radius 2 is 1.97 bits per heavy atom. The third-order valence-corrected chi connectivity index (χ3v) is 6.28. The monoisotopic (exact) mass is 413 g/mol. The SMILES string of the molecule is C=CC/C(=C\C=C/CC)C/C=C\C1=C(C)OCCN1S(=O)(=O)Cc1ccccc1. The number of ether oxygens (including phenoxy) is 1. The van der Waals surface area contributed by atoms with E-state index in [1.807, 2.05) is 55.5 Å². The van der Waals surface area contributed by atoms with E-state index in [-0.39, 0.29) is 5.75 Å². The fraction of sp³-hybridized carbons (Fsp3) is 0.333. The van der Waals surface area contributed by atoms with Crippen LogP contribution in [0.3, 0.4) is 0 Å². The summed E-state index contributed by atoms with van der Waals surface area (Å²) in [6, 6.07) is 9.26.